The fourth-order valence-electron chi connectivity index (χ4n) is 2.08. The standard InChI is InChI=1S/C14H13N3O2S/c18-13-9(7-16-11-4-6-20-8-10(11)13)14(19)17-12-3-1-2-5-15-12/h1-3,5,7H,4,6,8H2,(H,16,18)(H,15,17,19). The number of nitrogens with zero attached hydrogens (tertiary/aromatic N) is 2. The van der Waals surface area contributed by atoms with Gasteiger partial charge in [0.2, 0.25) is 0 Å². The highest BCUT2D eigenvalue weighted by molar-refractivity contribution is 7.98. The molecule has 2 N–H and O–H groups in total. The van der Waals surface area contributed by atoms with Gasteiger partial charge in [0.05, 0.1) is 0 Å². The highest BCUT2D eigenvalue weighted by Crippen LogP contribution is 2.32. The van der Waals surface area contributed by atoms with Crippen LogP contribution >= 0.6 is 11.8 Å². The topological polar surface area (TPSA) is 75.1 Å². The van der Waals surface area contributed by atoms with Crippen molar-refractivity contribution in [1.82, 2.24) is 9.97 Å². The van der Waals surface area contributed by atoms with Crippen molar-refractivity contribution in [2.75, 3.05) is 11.1 Å². The van der Waals surface area contributed by atoms with Crippen LogP contribution < -0.4 is 5.32 Å². The van der Waals surface area contributed by atoms with E-state index in [4.69, 9.17) is 0 Å². The van der Waals surface area contributed by atoms with E-state index in [1.807, 2.05) is 0 Å². The van der Waals surface area contributed by atoms with E-state index >= 15 is 0 Å². The molecule has 3 rings (SSSR count). The zero-order valence-corrected chi connectivity index (χ0v) is 11.5. The van der Waals surface area contributed by atoms with Crippen LogP contribution in [0.25, 0.3) is 0 Å². The Morgan fingerprint density at radius 1 is 1.35 bits per heavy atom. The second-order valence-corrected chi connectivity index (χ2v) is 5.52. The zero-order chi connectivity index (χ0) is 13.9. The van der Waals surface area contributed by atoms with Crippen LogP contribution in [0, 0.1) is 0 Å². The van der Waals surface area contributed by atoms with Crippen molar-refractivity contribution in [2.24, 2.45) is 0 Å². The number of pyridine rings is 2. The van der Waals surface area contributed by atoms with E-state index in [1.54, 1.807) is 36.2 Å². The number of amides is 1. The van der Waals surface area contributed by atoms with Gasteiger partial charge in [0, 0.05) is 29.4 Å². The SMILES string of the molecule is O=C(Nc1ccccn1)c1cnc2c(c1O)CSCC2. The van der Waals surface area contributed by atoms with Gasteiger partial charge in [-0.05, 0) is 24.3 Å². The molecule has 3 heterocycles. The minimum absolute atomic E-state index is 0.0376. The van der Waals surface area contributed by atoms with Gasteiger partial charge in [0.1, 0.15) is 17.1 Å². The fraction of sp³-hybridized carbons (Fsp3) is 0.214. The molecule has 1 aliphatic rings. The number of carbonyl (C=O) groups excluding carboxylic acids is 1. The van der Waals surface area contributed by atoms with Crippen LogP contribution in [0.5, 0.6) is 5.75 Å². The van der Waals surface area contributed by atoms with E-state index in [2.05, 4.69) is 15.3 Å². The van der Waals surface area contributed by atoms with Crippen molar-refractivity contribution in [1.29, 1.82) is 0 Å². The Morgan fingerprint density at radius 3 is 3.05 bits per heavy atom. The number of anilines is 1. The van der Waals surface area contributed by atoms with Gasteiger partial charge in [-0.1, -0.05) is 6.07 Å². The lowest BCUT2D eigenvalue weighted by molar-refractivity contribution is 0.102. The summed E-state index contributed by atoms with van der Waals surface area (Å²) in [7, 11) is 0. The molecular formula is C14H13N3O2S. The van der Waals surface area contributed by atoms with E-state index < -0.39 is 5.91 Å². The van der Waals surface area contributed by atoms with Crippen LogP contribution in [-0.4, -0.2) is 26.7 Å². The van der Waals surface area contributed by atoms with Gasteiger partial charge in [0.15, 0.2) is 0 Å². The molecule has 6 heteroatoms. The number of aromatic hydroxyl groups is 1. The summed E-state index contributed by atoms with van der Waals surface area (Å²) in [6.07, 6.45) is 3.86. The van der Waals surface area contributed by atoms with Crippen molar-refractivity contribution < 1.29 is 9.90 Å². The molecule has 102 valence electrons. The summed E-state index contributed by atoms with van der Waals surface area (Å²) in [5.74, 6) is 1.78. The lowest BCUT2D eigenvalue weighted by atomic mass is 10.1. The second kappa shape index (κ2) is 5.50. The van der Waals surface area contributed by atoms with E-state index in [9.17, 15) is 9.90 Å². The zero-order valence-electron chi connectivity index (χ0n) is 10.7. The number of aryl methyl sites for hydroxylation is 1. The lowest BCUT2D eigenvalue weighted by Gasteiger charge is -2.17. The molecule has 20 heavy (non-hydrogen) atoms. The summed E-state index contributed by atoms with van der Waals surface area (Å²) in [6, 6.07) is 5.24. The minimum atomic E-state index is -0.396. The van der Waals surface area contributed by atoms with Crippen LogP contribution in [-0.2, 0) is 12.2 Å². The third-order valence-electron chi connectivity index (χ3n) is 3.12. The molecule has 0 radical (unpaired) electrons. The number of thioether (sulfide) groups is 1. The van der Waals surface area contributed by atoms with Gasteiger partial charge in [0.25, 0.3) is 5.91 Å². The number of hydrogen-bond donors (Lipinski definition) is 2. The molecule has 2 aromatic heterocycles. The van der Waals surface area contributed by atoms with Crippen LogP contribution in [0.4, 0.5) is 5.82 Å². The number of rotatable bonds is 2. The number of hydrogen-bond acceptors (Lipinski definition) is 5. The predicted molar refractivity (Wildman–Crippen MR) is 78.0 cm³/mol. The highest BCUT2D eigenvalue weighted by Gasteiger charge is 2.21. The first-order valence-corrected chi connectivity index (χ1v) is 7.41. The Morgan fingerprint density at radius 2 is 2.25 bits per heavy atom. The van der Waals surface area contributed by atoms with Crippen LogP contribution in [0.2, 0.25) is 0 Å². The molecule has 0 saturated carbocycles. The van der Waals surface area contributed by atoms with Crippen LogP contribution in [0.1, 0.15) is 21.6 Å². The largest absolute Gasteiger partial charge is 0.507 e. The maximum atomic E-state index is 12.2. The maximum absolute atomic E-state index is 12.2. The van der Waals surface area contributed by atoms with E-state index in [1.165, 1.54) is 6.20 Å². The Labute approximate surface area is 120 Å². The first-order valence-electron chi connectivity index (χ1n) is 6.25. The van der Waals surface area contributed by atoms with Crippen LogP contribution in [0.3, 0.4) is 0 Å². The molecule has 0 atom stereocenters. The van der Waals surface area contributed by atoms with Gasteiger partial charge in [-0.2, -0.15) is 11.8 Å². The molecule has 5 nitrogen and oxygen atoms in total. The molecule has 0 aliphatic carbocycles. The quantitative estimate of drug-likeness (QED) is 0.886. The van der Waals surface area contributed by atoms with Crippen molar-refractivity contribution in [3.05, 3.63) is 47.4 Å². The van der Waals surface area contributed by atoms with Crippen molar-refractivity contribution >= 4 is 23.5 Å². The van der Waals surface area contributed by atoms with Crippen molar-refractivity contribution in [2.45, 2.75) is 12.2 Å². The third-order valence-corrected chi connectivity index (χ3v) is 4.11. The summed E-state index contributed by atoms with van der Waals surface area (Å²) < 4.78 is 0. The molecule has 0 fully saturated rings. The van der Waals surface area contributed by atoms with Crippen molar-refractivity contribution in [3.8, 4) is 5.75 Å². The Balaban J connectivity index is 1.89. The minimum Gasteiger partial charge on any atom is -0.507 e. The summed E-state index contributed by atoms with van der Waals surface area (Å²) in [4.78, 5) is 20.5. The number of aromatic nitrogens is 2. The van der Waals surface area contributed by atoms with Gasteiger partial charge >= 0.3 is 0 Å². The molecule has 0 saturated heterocycles. The molecule has 0 aromatic carbocycles. The summed E-state index contributed by atoms with van der Waals surface area (Å²) in [6.45, 7) is 0. The fourth-order valence-corrected chi connectivity index (χ4v) is 3.07. The Hall–Kier alpha value is -2.08. The average molecular weight is 287 g/mol. The van der Waals surface area contributed by atoms with Gasteiger partial charge in [-0.25, -0.2) is 4.98 Å². The van der Waals surface area contributed by atoms with Gasteiger partial charge in [-0.15, -0.1) is 0 Å². The van der Waals surface area contributed by atoms with Crippen molar-refractivity contribution in [3.63, 3.8) is 0 Å². The Bertz CT molecular complexity index is 646. The first kappa shape index (κ1) is 12.9. The Kier molecular flexibility index (Phi) is 3.56. The van der Waals surface area contributed by atoms with E-state index in [0.717, 1.165) is 23.4 Å². The third kappa shape index (κ3) is 2.46. The molecular weight excluding hydrogens is 274 g/mol. The average Bonchev–Trinajstić information content (AvgIpc) is 2.49. The summed E-state index contributed by atoms with van der Waals surface area (Å²) in [5, 5.41) is 12.9. The summed E-state index contributed by atoms with van der Waals surface area (Å²) in [5.41, 5.74) is 1.85. The van der Waals surface area contributed by atoms with Crippen LogP contribution in [0.15, 0.2) is 30.6 Å². The molecule has 0 unspecified atom stereocenters. The predicted octanol–water partition coefficient (Wildman–Crippen LogP) is 2.22. The number of fused-ring (bicyclic) bond motifs is 1. The molecule has 0 spiro atoms. The van der Waals surface area contributed by atoms with Gasteiger partial charge < -0.3 is 10.4 Å². The lowest BCUT2D eigenvalue weighted by Crippen LogP contribution is -2.16. The van der Waals surface area contributed by atoms with Gasteiger partial charge in [-0.3, -0.25) is 9.78 Å². The second-order valence-electron chi connectivity index (χ2n) is 4.42. The number of carbonyl (C=O) groups is 1. The highest BCUT2D eigenvalue weighted by atomic mass is 32.2. The molecule has 1 amide bonds. The normalized spacial score (nSPS) is 13.6. The van der Waals surface area contributed by atoms with E-state index in [-0.39, 0.29) is 11.3 Å². The van der Waals surface area contributed by atoms with E-state index in [0.29, 0.717) is 11.6 Å². The maximum Gasteiger partial charge on any atom is 0.262 e. The summed E-state index contributed by atoms with van der Waals surface area (Å²) >= 11 is 1.73. The number of nitrogens with one attached hydrogen (secondary N) is 1. The monoisotopic (exact) mass is 287 g/mol. The molecule has 1 aliphatic heterocycles. The smallest absolute Gasteiger partial charge is 0.262 e. The molecule has 2 aromatic rings. The first-order chi connectivity index (χ1) is 9.75. The molecule has 0 bridgehead atoms.